The molecule has 25 heavy (non-hydrogen) atoms. The van der Waals surface area contributed by atoms with Gasteiger partial charge in [0.15, 0.2) is 0 Å². The zero-order valence-corrected chi connectivity index (χ0v) is 13.6. The molecule has 1 rings (SSSR count). The summed E-state index contributed by atoms with van der Waals surface area (Å²) < 4.78 is 42.2. The molecule has 6 nitrogen and oxygen atoms in total. The molecule has 1 amide bonds. The van der Waals surface area contributed by atoms with Crippen LogP contribution >= 0.6 is 0 Å². The number of hydrogen-bond acceptors (Lipinski definition) is 4. The van der Waals surface area contributed by atoms with Gasteiger partial charge in [0.2, 0.25) is 0 Å². The molecule has 0 radical (unpaired) electrons. The van der Waals surface area contributed by atoms with Crippen molar-refractivity contribution < 1.29 is 37.4 Å². The van der Waals surface area contributed by atoms with Gasteiger partial charge < -0.3 is 15.2 Å². The molecule has 0 aliphatic rings. The normalized spacial score (nSPS) is 13.6. The van der Waals surface area contributed by atoms with E-state index in [9.17, 15) is 32.7 Å². The standard InChI is InChI=1S/C16H18F3NO5/c1-3-25-12(21)8-9(2)13(15(23)24)20-14(22)10-4-6-11(7-5-10)16(17,18)19/h4-7,9,13H,3,8H2,1-2H3,(H,20,22)(H,23,24)/t9-,13+/m0/s1. The summed E-state index contributed by atoms with van der Waals surface area (Å²) in [6.07, 6.45) is -4.76. The molecule has 0 spiro atoms. The monoisotopic (exact) mass is 361 g/mol. The predicted octanol–water partition coefficient (Wildman–Crippen LogP) is 2.48. The third kappa shape index (κ3) is 6.09. The van der Waals surface area contributed by atoms with Crippen molar-refractivity contribution in [3.63, 3.8) is 0 Å². The lowest BCUT2D eigenvalue weighted by Crippen LogP contribution is -2.45. The van der Waals surface area contributed by atoms with Gasteiger partial charge >= 0.3 is 18.1 Å². The van der Waals surface area contributed by atoms with E-state index in [2.05, 4.69) is 5.32 Å². The Labute approximate surface area is 142 Å². The Hall–Kier alpha value is -2.58. The highest BCUT2D eigenvalue weighted by atomic mass is 19.4. The van der Waals surface area contributed by atoms with Crippen LogP contribution in [0.2, 0.25) is 0 Å². The van der Waals surface area contributed by atoms with Crippen molar-refractivity contribution in [1.82, 2.24) is 5.32 Å². The predicted molar refractivity (Wildman–Crippen MR) is 80.7 cm³/mol. The van der Waals surface area contributed by atoms with E-state index < -0.39 is 41.5 Å². The highest BCUT2D eigenvalue weighted by molar-refractivity contribution is 5.96. The molecule has 138 valence electrons. The summed E-state index contributed by atoms with van der Waals surface area (Å²) in [6.45, 7) is 3.19. The lowest BCUT2D eigenvalue weighted by atomic mass is 9.98. The molecule has 1 aromatic rings. The summed E-state index contributed by atoms with van der Waals surface area (Å²) in [7, 11) is 0. The number of aliphatic carboxylic acids is 1. The number of nitrogens with one attached hydrogen (secondary N) is 1. The van der Waals surface area contributed by atoms with Crippen LogP contribution in [0.15, 0.2) is 24.3 Å². The maximum atomic E-state index is 12.5. The Morgan fingerprint density at radius 2 is 1.76 bits per heavy atom. The summed E-state index contributed by atoms with van der Waals surface area (Å²) in [4.78, 5) is 34.8. The Morgan fingerprint density at radius 1 is 1.20 bits per heavy atom. The van der Waals surface area contributed by atoms with E-state index >= 15 is 0 Å². The second kappa shape index (κ2) is 8.50. The van der Waals surface area contributed by atoms with Crippen LogP contribution in [-0.4, -0.2) is 35.6 Å². The number of ether oxygens (including phenoxy) is 1. The molecular weight excluding hydrogens is 343 g/mol. The zero-order chi connectivity index (χ0) is 19.2. The number of amides is 1. The maximum absolute atomic E-state index is 12.5. The summed E-state index contributed by atoms with van der Waals surface area (Å²) >= 11 is 0. The molecule has 0 bridgehead atoms. The minimum atomic E-state index is -4.53. The molecule has 2 atom stereocenters. The number of rotatable bonds is 7. The van der Waals surface area contributed by atoms with E-state index in [1.165, 1.54) is 6.92 Å². The number of hydrogen-bond donors (Lipinski definition) is 2. The summed E-state index contributed by atoms with van der Waals surface area (Å²) in [5, 5.41) is 11.4. The van der Waals surface area contributed by atoms with Crippen LogP contribution in [0.4, 0.5) is 13.2 Å². The van der Waals surface area contributed by atoms with Crippen LogP contribution in [0.1, 0.15) is 36.2 Å². The van der Waals surface area contributed by atoms with Gasteiger partial charge in [-0.25, -0.2) is 4.79 Å². The van der Waals surface area contributed by atoms with Gasteiger partial charge in [-0.15, -0.1) is 0 Å². The van der Waals surface area contributed by atoms with Crippen LogP contribution in [-0.2, 0) is 20.5 Å². The number of alkyl halides is 3. The number of benzene rings is 1. The fourth-order valence-corrected chi connectivity index (χ4v) is 2.08. The molecule has 9 heteroatoms. The molecule has 0 aliphatic heterocycles. The van der Waals surface area contributed by atoms with E-state index in [-0.39, 0.29) is 18.6 Å². The minimum Gasteiger partial charge on any atom is -0.480 e. The second-order valence-electron chi connectivity index (χ2n) is 5.35. The third-order valence-electron chi connectivity index (χ3n) is 3.39. The summed E-state index contributed by atoms with van der Waals surface area (Å²) in [6, 6.07) is 1.97. The third-order valence-corrected chi connectivity index (χ3v) is 3.39. The fourth-order valence-electron chi connectivity index (χ4n) is 2.08. The average molecular weight is 361 g/mol. The molecular formula is C16H18F3NO5. The number of halogens is 3. The smallest absolute Gasteiger partial charge is 0.416 e. The van der Waals surface area contributed by atoms with Crippen molar-refractivity contribution in [1.29, 1.82) is 0 Å². The van der Waals surface area contributed by atoms with Crippen LogP contribution in [0.25, 0.3) is 0 Å². The van der Waals surface area contributed by atoms with Gasteiger partial charge in [-0.3, -0.25) is 9.59 Å². The van der Waals surface area contributed by atoms with Gasteiger partial charge in [0.25, 0.3) is 5.91 Å². The Kier molecular flexibility index (Phi) is 6.96. The number of esters is 1. The summed E-state index contributed by atoms with van der Waals surface area (Å²) in [5.41, 5.74) is -1.04. The van der Waals surface area contributed by atoms with Gasteiger partial charge in [-0.05, 0) is 37.1 Å². The quantitative estimate of drug-likeness (QED) is 0.728. The van der Waals surface area contributed by atoms with E-state index in [4.69, 9.17) is 4.74 Å². The summed E-state index contributed by atoms with van der Waals surface area (Å²) in [5.74, 6) is -3.59. The van der Waals surface area contributed by atoms with E-state index in [0.29, 0.717) is 0 Å². The molecule has 2 N–H and O–H groups in total. The lowest BCUT2D eigenvalue weighted by molar-refractivity contribution is -0.146. The van der Waals surface area contributed by atoms with Gasteiger partial charge in [0.05, 0.1) is 18.6 Å². The Morgan fingerprint density at radius 3 is 2.20 bits per heavy atom. The zero-order valence-electron chi connectivity index (χ0n) is 13.6. The molecule has 1 aromatic carbocycles. The van der Waals surface area contributed by atoms with E-state index in [1.807, 2.05) is 0 Å². The van der Waals surface area contributed by atoms with Crippen LogP contribution in [0.3, 0.4) is 0 Å². The second-order valence-corrected chi connectivity index (χ2v) is 5.35. The first-order valence-corrected chi connectivity index (χ1v) is 7.42. The van der Waals surface area contributed by atoms with Gasteiger partial charge in [-0.2, -0.15) is 13.2 Å². The van der Waals surface area contributed by atoms with Gasteiger partial charge in [0.1, 0.15) is 6.04 Å². The lowest BCUT2D eigenvalue weighted by Gasteiger charge is -2.21. The van der Waals surface area contributed by atoms with Crippen LogP contribution in [0.5, 0.6) is 0 Å². The molecule has 0 saturated carbocycles. The maximum Gasteiger partial charge on any atom is 0.416 e. The molecule has 0 heterocycles. The van der Waals surface area contributed by atoms with Crippen molar-refractivity contribution in [3.8, 4) is 0 Å². The molecule has 0 fully saturated rings. The van der Waals surface area contributed by atoms with Gasteiger partial charge in [0, 0.05) is 5.56 Å². The van der Waals surface area contributed by atoms with Crippen LogP contribution in [0, 0.1) is 5.92 Å². The Bertz CT molecular complexity index is 628. The molecule has 0 saturated heterocycles. The van der Waals surface area contributed by atoms with Crippen molar-refractivity contribution in [2.45, 2.75) is 32.5 Å². The number of carboxylic acids is 1. The van der Waals surface area contributed by atoms with Crippen molar-refractivity contribution in [2.24, 2.45) is 5.92 Å². The molecule has 0 aliphatic carbocycles. The van der Waals surface area contributed by atoms with Crippen molar-refractivity contribution in [2.75, 3.05) is 6.61 Å². The highest BCUT2D eigenvalue weighted by Gasteiger charge is 2.31. The van der Waals surface area contributed by atoms with Crippen molar-refractivity contribution in [3.05, 3.63) is 35.4 Å². The van der Waals surface area contributed by atoms with E-state index in [0.717, 1.165) is 24.3 Å². The van der Waals surface area contributed by atoms with Crippen LogP contribution < -0.4 is 5.32 Å². The van der Waals surface area contributed by atoms with E-state index in [1.54, 1.807) is 6.92 Å². The van der Waals surface area contributed by atoms with Crippen molar-refractivity contribution >= 4 is 17.8 Å². The first-order chi connectivity index (χ1) is 11.6. The number of carbonyl (C=O) groups is 3. The Balaban J connectivity index is 2.82. The first-order valence-electron chi connectivity index (χ1n) is 7.42. The first kappa shape index (κ1) is 20.5. The number of carboxylic acid groups (broad SMARTS) is 1. The largest absolute Gasteiger partial charge is 0.480 e. The molecule has 0 unspecified atom stereocenters. The fraction of sp³-hybridized carbons (Fsp3) is 0.438. The topological polar surface area (TPSA) is 92.7 Å². The minimum absolute atomic E-state index is 0.123. The number of carbonyl (C=O) groups excluding carboxylic acids is 2. The SMILES string of the molecule is CCOC(=O)C[C@H](C)[C@@H](NC(=O)c1ccc(C(F)(F)F)cc1)C(=O)O. The van der Waals surface area contributed by atoms with Gasteiger partial charge in [-0.1, -0.05) is 6.92 Å². The highest BCUT2D eigenvalue weighted by Crippen LogP contribution is 2.29. The molecule has 0 aromatic heterocycles. The average Bonchev–Trinajstić information content (AvgIpc) is 2.51.